The molecule has 1 fully saturated rings. The molecular weight excluding hydrogens is 692 g/mol. The molecule has 3 aromatic heterocycles. The molecule has 0 radical (unpaired) electrons. The molecule has 4 heterocycles. The highest BCUT2D eigenvalue weighted by Crippen LogP contribution is 2.19. The van der Waals surface area contributed by atoms with Gasteiger partial charge in [0.05, 0.1) is 12.1 Å². The van der Waals surface area contributed by atoms with Crippen molar-refractivity contribution in [2.75, 3.05) is 48.7 Å². The Hall–Kier alpha value is -6.39. The fourth-order valence-corrected chi connectivity index (χ4v) is 6.11. The van der Waals surface area contributed by atoms with Crippen molar-refractivity contribution < 1.29 is 28.7 Å². The highest BCUT2D eigenvalue weighted by Gasteiger charge is 2.23. The summed E-state index contributed by atoms with van der Waals surface area (Å²) in [5.41, 5.74) is 7.16. The van der Waals surface area contributed by atoms with Crippen molar-refractivity contribution in [3.63, 3.8) is 0 Å². The van der Waals surface area contributed by atoms with E-state index < -0.39 is 17.7 Å². The molecule has 0 atom stereocenters. The van der Waals surface area contributed by atoms with Gasteiger partial charge in [-0.25, -0.2) is 4.98 Å². The van der Waals surface area contributed by atoms with Gasteiger partial charge in [-0.3, -0.25) is 29.0 Å². The Balaban J connectivity index is 0.959. The molecule has 0 spiro atoms. The van der Waals surface area contributed by atoms with Crippen LogP contribution in [0.25, 0.3) is 10.8 Å². The zero-order valence-electron chi connectivity index (χ0n) is 30.0. The quantitative estimate of drug-likeness (QED) is 0.112. The highest BCUT2D eigenvalue weighted by molar-refractivity contribution is 6.08. The van der Waals surface area contributed by atoms with Crippen molar-refractivity contribution in [3.8, 4) is 0 Å². The number of aromatic nitrogens is 4. The first-order chi connectivity index (χ1) is 26.1. The van der Waals surface area contributed by atoms with E-state index in [1.807, 2.05) is 24.3 Å². The second-order valence-electron chi connectivity index (χ2n) is 13.0. The van der Waals surface area contributed by atoms with E-state index in [0.717, 1.165) is 36.7 Å². The van der Waals surface area contributed by atoms with E-state index in [1.54, 1.807) is 73.7 Å². The number of imidazole rings is 1. The number of benzene rings is 2. The van der Waals surface area contributed by atoms with Crippen molar-refractivity contribution in [3.05, 3.63) is 102 Å². The number of pyridine rings is 1. The molecule has 0 saturated carbocycles. The molecule has 4 amide bonds. The molecule has 54 heavy (non-hydrogen) atoms. The van der Waals surface area contributed by atoms with Gasteiger partial charge in [0.15, 0.2) is 5.82 Å². The summed E-state index contributed by atoms with van der Waals surface area (Å²) in [4.78, 5) is 74.3. The molecule has 1 aliphatic rings. The van der Waals surface area contributed by atoms with E-state index in [-0.39, 0.29) is 48.3 Å². The fraction of sp³-hybridized carbons (Fsp3) is 0.289. The number of anilines is 3. The Bertz CT molecular complexity index is 2170. The number of nitrogens with two attached hydrogens (primary N) is 1. The van der Waals surface area contributed by atoms with E-state index in [2.05, 4.69) is 36.1 Å². The SMILES string of the molecule is Cn1cc(NC(=O)c2cc3ccccc3cn2)cc1C(=O)Nc1ccc(C(=O)Nc2cn(C)c(C(=O)NCCN3CCC(OC(=O)CCN)CC3)n2)cc1. The van der Waals surface area contributed by atoms with Crippen LogP contribution in [0.15, 0.2) is 79.3 Å². The minimum absolute atomic E-state index is 0.104. The summed E-state index contributed by atoms with van der Waals surface area (Å²) in [6.07, 6.45) is 6.39. The number of ether oxygens (including phenoxy) is 1. The van der Waals surface area contributed by atoms with Crippen molar-refractivity contribution in [2.24, 2.45) is 19.8 Å². The van der Waals surface area contributed by atoms with Crippen LogP contribution in [0.4, 0.5) is 17.2 Å². The van der Waals surface area contributed by atoms with Crippen LogP contribution in [0.3, 0.4) is 0 Å². The van der Waals surface area contributed by atoms with Gasteiger partial charge in [0.2, 0.25) is 5.82 Å². The number of aryl methyl sites for hydroxylation is 2. The maximum absolute atomic E-state index is 13.1. The lowest BCUT2D eigenvalue weighted by atomic mass is 10.1. The lowest BCUT2D eigenvalue weighted by Gasteiger charge is -2.31. The Labute approximate surface area is 311 Å². The largest absolute Gasteiger partial charge is 0.462 e. The topological polar surface area (TPSA) is 208 Å². The van der Waals surface area contributed by atoms with E-state index in [0.29, 0.717) is 35.7 Å². The van der Waals surface area contributed by atoms with Crippen molar-refractivity contribution in [1.82, 2.24) is 29.3 Å². The summed E-state index contributed by atoms with van der Waals surface area (Å²) in [7, 11) is 3.36. The van der Waals surface area contributed by atoms with Crippen molar-refractivity contribution in [1.29, 1.82) is 0 Å². The molecule has 1 aliphatic heterocycles. The van der Waals surface area contributed by atoms with Crippen LogP contribution in [-0.4, -0.2) is 92.4 Å². The molecule has 0 unspecified atom stereocenters. The van der Waals surface area contributed by atoms with E-state index in [4.69, 9.17) is 10.5 Å². The summed E-state index contributed by atoms with van der Waals surface area (Å²) in [5, 5.41) is 13.0. The third-order valence-electron chi connectivity index (χ3n) is 8.98. The zero-order chi connectivity index (χ0) is 38.2. The Kier molecular flexibility index (Phi) is 11.7. The average Bonchev–Trinajstić information content (AvgIpc) is 3.72. The number of piperidine rings is 1. The molecule has 5 aromatic rings. The number of carbonyl (C=O) groups excluding carboxylic acids is 5. The Morgan fingerprint density at radius 3 is 2.28 bits per heavy atom. The molecule has 6 rings (SSSR count). The smallest absolute Gasteiger partial charge is 0.307 e. The molecule has 0 bridgehead atoms. The second-order valence-corrected chi connectivity index (χ2v) is 13.0. The van der Waals surface area contributed by atoms with E-state index in [9.17, 15) is 24.0 Å². The number of hydrogen-bond acceptors (Lipinski definition) is 10. The highest BCUT2D eigenvalue weighted by atomic mass is 16.5. The third-order valence-corrected chi connectivity index (χ3v) is 8.98. The van der Waals surface area contributed by atoms with Crippen LogP contribution in [0.5, 0.6) is 0 Å². The van der Waals surface area contributed by atoms with Crippen LogP contribution in [0, 0.1) is 0 Å². The van der Waals surface area contributed by atoms with Crippen LogP contribution < -0.4 is 27.0 Å². The van der Waals surface area contributed by atoms with Crippen LogP contribution in [-0.2, 0) is 23.6 Å². The minimum atomic E-state index is -0.446. The number of nitrogens with zero attached hydrogens (tertiary/aromatic N) is 5. The number of rotatable bonds is 13. The number of amides is 4. The molecule has 1 saturated heterocycles. The molecule has 280 valence electrons. The van der Waals surface area contributed by atoms with Gasteiger partial charge in [-0.2, -0.15) is 0 Å². The van der Waals surface area contributed by atoms with Gasteiger partial charge >= 0.3 is 5.97 Å². The number of nitrogens with one attached hydrogen (secondary N) is 4. The summed E-state index contributed by atoms with van der Waals surface area (Å²) in [6.45, 7) is 2.81. The molecule has 6 N–H and O–H groups in total. The van der Waals surface area contributed by atoms with Gasteiger partial charge < -0.3 is 45.8 Å². The Morgan fingerprint density at radius 1 is 0.815 bits per heavy atom. The number of carbonyl (C=O) groups is 5. The van der Waals surface area contributed by atoms with Crippen molar-refractivity contribution >= 4 is 57.6 Å². The van der Waals surface area contributed by atoms with Crippen LogP contribution in [0.2, 0.25) is 0 Å². The number of esters is 1. The Morgan fingerprint density at radius 2 is 1.54 bits per heavy atom. The molecule has 16 nitrogen and oxygen atoms in total. The van der Waals surface area contributed by atoms with Gasteiger partial charge in [-0.15, -0.1) is 0 Å². The lowest BCUT2D eigenvalue weighted by Crippen LogP contribution is -2.42. The molecule has 2 aromatic carbocycles. The standard InChI is InChI=1S/C38H42N10O6/c1-46-22-28(43-36(51)30-19-25-5-3-4-6-26(25)21-41-30)20-31(46)37(52)42-27-9-7-24(8-10-27)35(50)45-32-23-47(2)34(44-32)38(53)40-15-18-48-16-12-29(13-17-48)54-33(49)11-14-39/h3-10,19-23,29H,11-18,39H2,1-2H3,(H,40,53)(H,42,52)(H,43,51)(H,45,50). The predicted molar refractivity (Wildman–Crippen MR) is 202 cm³/mol. The number of likely N-dealkylation sites (tertiary alicyclic amines) is 1. The van der Waals surface area contributed by atoms with Gasteiger partial charge in [-0.05, 0) is 54.6 Å². The first-order valence-electron chi connectivity index (χ1n) is 17.5. The van der Waals surface area contributed by atoms with E-state index in [1.165, 1.54) is 4.57 Å². The van der Waals surface area contributed by atoms with Crippen LogP contribution in [0.1, 0.15) is 61.2 Å². The fourth-order valence-electron chi connectivity index (χ4n) is 6.11. The maximum atomic E-state index is 13.1. The van der Waals surface area contributed by atoms with E-state index >= 15 is 0 Å². The van der Waals surface area contributed by atoms with Crippen LogP contribution >= 0.6 is 0 Å². The number of fused-ring (bicyclic) bond motifs is 1. The average molecular weight is 735 g/mol. The minimum Gasteiger partial charge on any atom is -0.462 e. The first kappa shape index (κ1) is 37.4. The summed E-state index contributed by atoms with van der Waals surface area (Å²) in [6, 6.07) is 17.2. The van der Waals surface area contributed by atoms with Gasteiger partial charge in [0, 0.05) is 82.0 Å². The molecule has 0 aliphatic carbocycles. The monoisotopic (exact) mass is 734 g/mol. The summed E-state index contributed by atoms with van der Waals surface area (Å²) < 4.78 is 8.56. The summed E-state index contributed by atoms with van der Waals surface area (Å²) in [5.74, 6) is -1.56. The number of hydrogen-bond donors (Lipinski definition) is 5. The molecule has 16 heteroatoms. The summed E-state index contributed by atoms with van der Waals surface area (Å²) >= 11 is 0. The lowest BCUT2D eigenvalue weighted by molar-refractivity contribution is -0.151. The van der Waals surface area contributed by atoms with Gasteiger partial charge in [0.1, 0.15) is 17.5 Å². The maximum Gasteiger partial charge on any atom is 0.307 e. The van der Waals surface area contributed by atoms with Gasteiger partial charge in [0.25, 0.3) is 23.6 Å². The normalized spacial score (nSPS) is 13.3. The van der Waals surface area contributed by atoms with Gasteiger partial charge in [-0.1, -0.05) is 24.3 Å². The van der Waals surface area contributed by atoms with Crippen molar-refractivity contribution in [2.45, 2.75) is 25.4 Å². The first-order valence-corrected chi connectivity index (χ1v) is 17.5. The predicted octanol–water partition coefficient (Wildman–Crippen LogP) is 3.15. The molecular formula is C38H42N10O6. The zero-order valence-corrected chi connectivity index (χ0v) is 30.0. The second kappa shape index (κ2) is 17.0. The third kappa shape index (κ3) is 9.33.